The van der Waals surface area contributed by atoms with Gasteiger partial charge in [-0.25, -0.2) is 0 Å². The van der Waals surface area contributed by atoms with Gasteiger partial charge in [-0.15, -0.1) is 0 Å². The third-order valence-electron chi connectivity index (χ3n) is 2.50. The predicted molar refractivity (Wildman–Crippen MR) is 45.1 cm³/mol. The highest BCUT2D eigenvalue weighted by atomic mass is 15.2. The second kappa shape index (κ2) is 2.91. The monoisotopic (exact) mass is 141 g/mol. The topological polar surface area (TPSA) is 3.24 Å². The molecule has 0 N–H and O–H groups in total. The van der Waals surface area contributed by atoms with Gasteiger partial charge in [0.1, 0.15) is 0 Å². The van der Waals surface area contributed by atoms with Crippen molar-refractivity contribution in [2.75, 3.05) is 6.54 Å². The van der Waals surface area contributed by atoms with Crippen molar-refractivity contribution >= 4 is 0 Å². The molecule has 0 aromatic heterocycles. The molecule has 1 saturated heterocycles. The molecule has 0 aliphatic carbocycles. The van der Waals surface area contributed by atoms with Gasteiger partial charge in [0, 0.05) is 18.6 Å². The molecule has 0 aromatic carbocycles. The molecule has 1 heterocycles. The summed E-state index contributed by atoms with van der Waals surface area (Å²) in [5.41, 5.74) is 0. The minimum absolute atomic E-state index is 0.736. The lowest BCUT2D eigenvalue weighted by atomic mass is 10.1. The SMILES string of the molecule is CC(C)N1C[C@@H](C)C[C@H]1C. The molecular formula is C9H19N. The number of rotatable bonds is 1. The highest BCUT2D eigenvalue weighted by Crippen LogP contribution is 2.23. The Hall–Kier alpha value is -0.0400. The second-order valence-electron chi connectivity index (χ2n) is 3.98. The van der Waals surface area contributed by atoms with Crippen molar-refractivity contribution in [2.24, 2.45) is 5.92 Å². The van der Waals surface area contributed by atoms with E-state index in [9.17, 15) is 0 Å². The molecule has 0 unspecified atom stereocenters. The lowest BCUT2D eigenvalue weighted by Gasteiger charge is -2.25. The first-order valence-corrected chi connectivity index (χ1v) is 4.37. The van der Waals surface area contributed by atoms with E-state index in [1.54, 1.807) is 0 Å². The van der Waals surface area contributed by atoms with Gasteiger partial charge in [-0.3, -0.25) is 4.90 Å². The largest absolute Gasteiger partial charge is 0.298 e. The van der Waals surface area contributed by atoms with Gasteiger partial charge in [-0.05, 0) is 33.1 Å². The Morgan fingerprint density at radius 1 is 1.30 bits per heavy atom. The van der Waals surface area contributed by atoms with E-state index < -0.39 is 0 Å². The molecule has 0 spiro atoms. The van der Waals surface area contributed by atoms with Crippen LogP contribution in [0.5, 0.6) is 0 Å². The zero-order valence-electron chi connectivity index (χ0n) is 7.59. The summed E-state index contributed by atoms with van der Waals surface area (Å²) in [6.45, 7) is 10.6. The smallest absolute Gasteiger partial charge is 0.00727 e. The van der Waals surface area contributed by atoms with Crippen LogP contribution in [-0.4, -0.2) is 23.5 Å². The maximum atomic E-state index is 2.59. The van der Waals surface area contributed by atoms with Gasteiger partial charge in [0.2, 0.25) is 0 Å². The van der Waals surface area contributed by atoms with Gasteiger partial charge >= 0.3 is 0 Å². The van der Waals surface area contributed by atoms with Crippen LogP contribution in [0.4, 0.5) is 0 Å². The van der Waals surface area contributed by atoms with Crippen LogP contribution in [0.2, 0.25) is 0 Å². The van der Waals surface area contributed by atoms with Crippen LogP contribution in [0.25, 0.3) is 0 Å². The van der Waals surface area contributed by atoms with Crippen molar-refractivity contribution in [2.45, 2.75) is 46.2 Å². The summed E-state index contributed by atoms with van der Waals surface area (Å²) >= 11 is 0. The number of likely N-dealkylation sites (tertiary alicyclic amines) is 1. The van der Waals surface area contributed by atoms with Crippen LogP contribution in [0, 0.1) is 5.92 Å². The summed E-state index contributed by atoms with van der Waals surface area (Å²) in [6, 6.07) is 1.55. The van der Waals surface area contributed by atoms with Crippen molar-refractivity contribution < 1.29 is 0 Å². The Morgan fingerprint density at radius 3 is 2.10 bits per heavy atom. The number of nitrogens with zero attached hydrogens (tertiary/aromatic N) is 1. The van der Waals surface area contributed by atoms with Crippen LogP contribution in [0.15, 0.2) is 0 Å². The van der Waals surface area contributed by atoms with E-state index in [0.717, 1.165) is 18.0 Å². The fraction of sp³-hybridized carbons (Fsp3) is 1.00. The maximum Gasteiger partial charge on any atom is 0.00727 e. The van der Waals surface area contributed by atoms with Crippen LogP contribution < -0.4 is 0 Å². The van der Waals surface area contributed by atoms with Crippen LogP contribution in [-0.2, 0) is 0 Å². The maximum absolute atomic E-state index is 2.59. The molecule has 0 bridgehead atoms. The van der Waals surface area contributed by atoms with Gasteiger partial charge in [0.25, 0.3) is 0 Å². The van der Waals surface area contributed by atoms with Crippen molar-refractivity contribution in [3.8, 4) is 0 Å². The molecule has 1 aliphatic rings. The van der Waals surface area contributed by atoms with Crippen LogP contribution >= 0.6 is 0 Å². The lowest BCUT2D eigenvalue weighted by Crippen LogP contribution is -2.33. The van der Waals surface area contributed by atoms with E-state index in [-0.39, 0.29) is 0 Å². The number of hydrogen-bond acceptors (Lipinski definition) is 1. The summed E-state index contributed by atoms with van der Waals surface area (Å²) in [5.74, 6) is 0.914. The van der Waals surface area contributed by atoms with Gasteiger partial charge in [-0.1, -0.05) is 6.92 Å². The van der Waals surface area contributed by atoms with Gasteiger partial charge < -0.3 is 0 Å². The molecule has 0 amide bonds. The van der Waals surface area contributed by atoms with Gasteiger partial charge in [-0.2, -0.15) is 0 Å². The molecule has 1 nitrogen and oxygen atoms in total. The molecule has 10 heavy (non-hydrogen) atoms. The zero-order valence-corrected chi connectivity index (χ0v) is 7.59. The predicted octanol–water partition coefficient (Wildman–Crippen LogP) is 2.13. The zero-order chi connectivity index (χ0) is 7.72. The molecule has 0 aromatic rings. The fourth-order valence-corrected chi connectivity index (χ4v) is 2.05. The molecule has 1 rings (SSSR count). The first-order chi connectivity index (χ1) is 4.61. The van der Waals surface area contributed by atoms with Crippen molar-refractivity contribution in [1.82, 2.24) is 4.90 Å². The Bertz CT molecular complexity index is 109. The summed E-state index contributed by atoms with van der Waals surface area (Å²) in [5, 5.41) is 0. The summed E-state index contributed by atoms with van der Waals surface area (Å²) in [6.07, 6.45) is 1.39. The highest BCUT2D eigenvalue weighted by molar-refractivity contribution is 4.81. The standard InChI is InChI=1S/C9H19N/c1-7(2)10-6-8(3)5-9(10)4/h7-9H,5-6H2,1-4H3/t8-,9+/m0/s1. The number of hydrogen-bond donors (Lipinski definition) is 0. The van der Waals surface area contributed by atoms with Crippen molar-refractivity contribution in [1.29, 1.82) is 0 Å². The first-order valence-electron chi connectivity index (χ1n) is 4.37. The quantitative estimate of drug-likeness (QED) is 0.540. The van der Waals surface area contributed by atoms with Crippen molar-refractivity contribution in [3.63, 3.8) is 0 Å². The summed E-state index contributed by atoms with van der Waals surface area (Å²) < 4.78 is 0. The fourth-order valence-electron chi connectivity index (χ4n) is 2.05. The highest BCUT2D eigenvalue weighted by Gasteiger charge is 2.27. The van der Waals surface area contributed by atoms with E-state index in [2.05, 4.69) is 32.6 Å². The van der Waals surface area contributed by atoms with E-state index in [4.69, 9.17) is 0 Å². The van der Waals surface area contributed by atoms with Gasteiger partial charge in [0.15, 0.2) is 0 Å². The molecule has 1 heteroatoms. The van der Waals surface area contributed by atoms with Crippen LogP contribution in [0.1, 0.15) is 34.1 Å². The normalized spacial score (nSPS) is 35.7. The molecular weight excluding hydrogens is 122 g/mol. The minimum Gasteiger partial charge on any atom is -0.298 e. The van der Waals surface area contributed by atoms with Crippen molar-refractivity contribution in [3.05, 3.63) is 0 Å². The molecule has 2 atom stereocenters. The van der Waals surface area contributed by atoms with E-state index >= 15 is 0 Å². The second-order valence-corrected chi connectivity index (χ2v) is 3.98. The molecule has 60 valence electrons. The molecule has 0 saturated carbocycles. The minimum atomic E-state index is 0.736. The Kier molecular flexibility index (Phi) is 2.35. The molecule has 1 fully saturated rings. The summed E-state index contributed by atoms with van der Waals surface area (Å²) in [7, 11) is 0. The average Bonchev–Trinajstić information content (AvgIpc) is 2.10. The van der Waals surface area contributed by atoms with Gasteiger partial charge in [0.05, 0.1) is 0 Å². The first kappa shape index (κ1) is 8.06. The average molecular weight is 141 g/mol. The Morgan fingerprint density at radius 2 is 1.90 bits per heavy atom. The third kappa shape index (κ3) is 1.51. The van der Waals surface area contributed by atoms with E-state index in [1.165, 1.54) is 13.0 Å². The molecule has 1 aliphatic heterocycles. The molecule has 0 radical (unpaired) electrons. The Balaban J connectivity index is 2.46. The van der Waals surface area contributed by atoms with E-state index in [1.807, 2.05) is 0 Å². The Labute approximate surface area is 64.4 Å². The summed E-state index contributed by atoms with van der Waals surface area (Å²) in [4.78, 5) is 2.59. The van der Waals surface area contributed by atoms with Crippen LogP contribution in [0.3, 0.4) is 0 Å². The lowest BCUT2D eigenvalue weighted by molar-refractivity contribution is 0.213. The third-order valence-corrected chi connectivity index (χ3v) is 2.50. The van der Waals surface area contributed by atoms with E-state index in [0.29, 0.717) is 0 Å².